The number of anilines is 1. The Morgan fingerprint density at radius 1 is 1.10 bits per heavy atom. The van der Waals surface area contributed by atoms with E-state index < -0.39 is 23.8 Å². The summed E-state index contributed by atoms with van der Waals surface area (Å²) < 4.78 is 14.3. The molecule has 11 nitrogen and oxygen atoms in total. The van der Waals surface area contributed by atoms with Crippen LogP contribution in [0.4, 0.5) is 5.69 Å². The van der Waals surface area contributed by atoms with Crippen molar-refractivity contribution in [1.82, 2.24) is 19.6 Å². The van der Waals surface area contributed by atoms with Crippen LogP contribution < -0.4 is 21.5 Å². The average molecular weight is 549 g/mol. The number of benzene rings is 2. The lowest BCUT2D eigenvalue weighted by atomic mass is 10.00. The van der Waals surface area contributed by atoms with E-state index in [0.29, 0.717) is 11.3 Å². The summed E-state index contributed by atoms with van der Waals surface area (Å²) in [7, 11) is 3.09. The zero-order valence-corrected chi connectivity index (χ0v) is 22.2. The van der Waals surface area contributed by atoms with Crippen LogP contribution in [0.5, 0.6) is 5.75 Å². The molecule has 4 aromatic rings. The molecule has 202 valence electrons. The van der Waals surface area contributed by atoms with Crippen LogP contribution in [0.2, 0.25) is 0 Å². The smallest absolute Gasteiger partial charge is 0.270 e. The normalized spacial score (nSPS) is 11.6. The minimum absolute atomic E-state index is 0.00876. The molecule has 0 fully saturated rings. The quantitative estimate of drug-likeness (QED) is 0.241. The van der Waals surface area contributed by atoms with Gasteiger partial charge in [0.1, 0.15) is 16.7 Å². The zero-order valence-electron chi connectivity index (χ0n) is 21.4. The van der Waals surface area contributed by atoms with E-state index in [4.69, 9.17) is 20.9 Å². The van der Waals surface area contributed by atoms with Crippen molar-refractivity contribution in [1.29, 1.82) is 0 Å². The first kappa shape index (κ1) is 27.5. The number of hydrogen-bond acceptors (Lipinski definition) is 9. The van der Waals surface area contributed by atoms with Crippen LogP contribution in [0.15, 0.2) is 60.8 Å². The Morgan fingerprint density at radius 2 is 1.87 bits per heavy atom. The van der Waals surface area contributed by atoms with Crippen molar-refractivity contribution in [2.75, 3.05) is 33.1 Å². The van der Waals surface area contributed by atoms with Gasteiger partial charge in [0.05, 0.1) is 24.9 Å². The van der Waals surface area contributed by atoms with Crippen molar-refractivity contribution < 1.29 is 23.9 Å². The number of hydrogen-bond donors (Lipinski definition) is 3. The molecule has 2 aromatic carbocycles. The minimum atomic E-state index is -1.07. The Bertz CT molecular complexity index is 1490. The first-order valence-electron chi connectivity index (χ1n) is 11.9. The fourth-order valence-electron chi connectivity index (χ4n) is 4.08. The van der Waals surface area contributed by atoms with E-state index in [1.54, 1.807) is 55.8 Å². The molecular weight excluding hydrogens is 520 g/mol. The van der Waals surface area contributed by atoms with E-state index in [1.165, 1.54) is 12.0 Å². The van der Waals surface area contributed by atoms with Crippen LogP contribution in [0.25, 0.3) is 10.9 Å². The Balaban J connectivity index is 1.84. The molecule has 0 saturated carbocycles. The molecule has 4 rings (SSSR count). The zero-order chi connectivity index (χ0) is 27.9. The molecule has 1 atom stereocenters. The maximum atomic E-state index is 14.1. The number of ether oxygens (including phenoxy) is 2. The van der Waals surface area contributed by atoms with Gasteiger partial charge < -0.3 is 31.2 Å². The number of carbonyl (C=O) groups excluding carboxylic acids is 3. The van der Waals surface area contributed by atoms with E-state index in [1.807, 2.05) is 12.1 Å². The standard InChI is InChI=1S/C27H28N6O5S/c1-37-13-12-31-26(35)23(18-7-10-20-17(14-18)4-3-11-30-20)33(15-16-5-8-19(38-2)9-6-16)27(36)24-21(28)22(25(29)34)32-39-24/h3-11,14,23H,12-13,15,28H2,1-2H3,(H2,29,34)(H,31,35). The number of amides is 3. The van der Waals surface area contributed by atoms with Gasteiger partial charge in [0.2, 0.25) is 5.91 Å². The largest absolute Gasteiger partial charge is 0.497 e. The van der Waals surface area contributed by atoms with Crippen molar-refractivity contribution in [3.05, 3.63) is 82.5 Å². The summed E-state index contributed by atoms with van der Waals surface area (Å²) in [6.07, 6.45) is 1.68. The summed E-state index contributed by atoms with van der Waals surface area (Å²) in [5.41, 5.74) is 13.2. The molecule has 2 aromatic heterocycles. The van der Waals surface area contributed by atoms with Gasteiger partial charge in [-0.2, -0.15) is 4.37 Å². The Morgan fingerprint density at radius 3 is 2.54 bits per heavy atom. The third-order valence-corrected chi connectivity index (χ3v) is 6.89. The fraction of sp³-hybridized carbons (Fsp3) is 0.222. The molecule has 0 spiro atoms. The van der Waals surface area contributed by atoms with Gasteiger partial charge in [-0.1, -0.05) is 24.3 Å². The van der Waals surface area contributed by atoms with Gasteiger partial charge in [-0.15, -0.1) is 0 Å². The predicted octanol–water partition coefficient (Wildman–Crippen LogP) is 2.53. The molecule has 0 aliphatic heterocycles. The third kappa shape index (κ3) is 6.13. The van der Waals surface area contributed by atoms with E-state index in [9.17, 15) is 14.4 Å². The Kier molecular flexibility index (Phi) is 8.69. The second-order valence-electron chi connectivity index (χ2n) is 8.56. The van der Waals surface area contributed by atoms with Crippen molar-refractivity contribution in [3.8, 4) is 5.75 Å². The number of methoxy groups -OCH3 is 2. The van der Waals surface area contributed by atoms with Crippen LogP contribution in [0, 0.1) is 0 Å². The number of aromatic nitrogens is 2. The van der Waals surface area contributed by atoms with Crippen molar-refractivity contribution in [2.24, 2.45) is 5.73 Å². The number of rotatable bonds is 11. The van der Waals surface area contributed by atoms with Crippen molar-refractivity contribution in [2.45, 2.75) is 12.6 Å². The van der Waals surface area contributed by atoms with Gasteiger partial charge in [-0.3, -0.25) is 19.4 Å². The highest BCUT2D eigenvalue weighted by Crippen LogP contribution is 2.31. The second-order valence-corrected chi connectivity index (χ2v) is 9.33. The summed E-state index contributed by atoms with van der Waals surface area (Å²) in [5.74, 6) is -1.20. The molecule has 12 heteroatoms. The first-order chi connectivity index (χ1) is 18.8. The monoisotopic (exact) mass is 548 g/mol. The first-order valence-corrected chi connectivity index (χ1v) is 12.7. The number of nitrogens with one attached hydrogen (secondary N) is 1. The summed E-state index contributed by atoms with van der Waals surface area (Å²) in [6, 6.07) is 15.1. The summed E-state index contributed by atoms with van der Waals surface area (Å²) in [4.78, 5) is 45.3. The van der Waals surface area contributed by atoms with E-state index >= 15 is 0 Å². The molecule has 0 aliphatic rings. The summed E-state index contributed by atoms with van der Waals surface area (Å²) >= 11 is 0.757. The number of primary amides is 1. The lowest BCUT2D eigenvalue weighted by Gasteiger charge is -2.31. The fourth-order valence-corrected chi connectivity index (χ4v) is 4.84. The number of carbonyl (C=O) groups is 3. The molecular formula is C27H28N6O5S. The number of nitrogen functional groups attached to an aromatic ring is 1. The number of fused-ring (bicyclic) bond motifs is 1. The Labute approximate surface area is 228 Å². The molecule has 5 N–H and O–H groups in total. The van der Waals surface area contributed by atoms with Gasteiger partial charge in [0, 0.05) is 31.8 Å². The highest BCUT2D eigenvalue weighted by Gasteiger charge is 2.35. The third-order valence-electron chi connectivity index (χ3n) is 6.04. The lowest BCUT2D eigenvalue weighted by Crippen LogP contribution is -2.44. The topological polar surface area (TPSA) is 163 Å². The van der Waals surface area contributed by atoms with Crippen LogP contribution in [0.3, 0.4) is 0 Å². The SMILES string of the molecule is COCCNC(=O)C(c1ccc2ncccc2c1)N(Cc1ccc(OC)cc1)C(=O)c1snc(C(N)=O)c1N. The van der Waals surface area contributed by atoms with E-state index in [-0.39, 0.29) is 36.0 Å². The molecule has 0 radical (unpaired) electrons. The highest BCUT2D eigenvalue weighted by atomic mass is 32.1. The van der Waals surface area contributed by atoms with Gasteiger partial charge in [-0.05, 0) is 53.0 Å². The average Bonchev–Trinajstić information content (AvgIpc) is 3.34. The molecule has 1 unspecified atom stereocenters. The van der Waals surface area contributed by atoms with E-state index in [2.05, 4.69) is 14.7 Å². The van der Waals surface area contributed by atoms with Crippen LogP contribution in [-0.4, -0.2) is 59.4 Å². The molecule has 0 bridgehead atoms. The van der Waals surface area contributed by atoms with Gasteiger partial charge in [-0.25, -0.2) is 0 Å². The molecule has 2 heterocycles. The van der Waals surface area contributed by atoms with Crippen molar-refractivity contribution >= 4 is 45.8 Å². The molecule has 3 amide bonds. The molecule has 0 aliphatic carbocycles. The molecule has 0 saturated heterocycles. The second kappa shape index (κ2) is 12.3. The minimum Gasteiger partial charge on any atom is -0.497 e. The maximum absolute atomic E-state index is 14.1. The highest BCUT2D eigenvalue weighted by molar-refractivity contribution is 7.09. The number of nitrogens with zero attached hydrogens (tertiary/aromatic N) is 3. The lowest BCUT2D eigenvalue weighted by molar-refractivity contribution is -0.126. The van der Waals surface area contributed by atoms with E-state index in [0.717, 1.165) is 28.0 Å². The van der Waals surface area contributed by atoms with Crippen LogP contribution in [0.1, 0.15) is 37.3 Å². The van der Waals surface area contributed by atoms with Gasteiger partial charge in [0.25, 0.3) is 11.8 Å². The summed E-state index contributed by atoms with van der Waals surface area (Å²) in [5, 5.41) is 3.65. The molecule has 39 heavy (non-hydrogen) atoms. The van der Waals surface area contributed by atoms with Gasteiger partial charge >= 0.3 is 0 Å². The maximum Gasteiger partial charge on any atom is 0.270 e. The van der Waals surface area contributed by atoms with Crippen LogP contribution in [-0.2, 0) is 16.1 Å². The van der Waals surface area contributed by atoms with Gasteiger partial charge in [0.15, 0.2) is 5.69 Å². The number of nitrogens with two attached hydrogens (primary N) is 2. The number of pyridine rings is 1. The summed E-state index contributed by atoms with van der Waals surface area (Å²) in [6.45, 7) is 0.565. The van der Waals surface area contributed by atoms with Crippen molar-refractivity contribution in [3.63, 3.8) is 0 Å². The Hall–Kier alpha value is -4.55. The predicted molar refractivity (Wildman–Crippen MR) is 147 cm³/mol. The van der Waals surface area contributed by atoms with Crippen LogP contribution >= 0.6 is 11.5 Å².